The minimum absolute atomic E-state index is 0.137. The van der Waals surface area contributed by atoms with Gasteiger partial charge < -0.3 is 24.0 Å². The summed E-state index contributed by atoms with van der Waals surface area (Å²) in [6.07, 6.45) is 10.2. The van der Waals surface area contributed by atoms with E-state index < -0.39 is 31.1 Å². The topological polar surface area (TPSA) is 163 Å². The van der Waals surface area contributed by atoms with E-state index in [0.717, 1.165) is 79.3 Å². The molecule has 0 radical (unpaired) electrons. The maximum Gasteiger partial charge on any atom is 0.294 e. The van der Waals surface area contributed by atoms with Crippen LogP contribution >= 0.6 is 0 Å². The summed E-state index contributed by atoms with van der Waals surface area (Å²) in [7, 11) is -7.26. The van der Waals surface area contributed by atoms with Gasteiger partial charge in [0.1, 0.15) is 20.0 Å². The first-order valence-electron chi connectivity index (χ1n) is 23.3. The molecule has 0 spiro atoms. The van der Waals surface area contributed by atoms with Crippen molar-refractivity contribution in [1.29, 1.82) is 0 Å². The number of rotatable bonds is 17. The second-order valence-electron chi connectivity index (χ2n) is 18.8. The molecule has 2 aliphatic heterocycles. The Morgan fingerprint density at radius 3 is 1.90 bits per heavy atom. The molecule has 0 saturated heterocycles. The average Bonchev–Trinajstić information content (AvgIpc) is 3.91. The molecule has 0 saturated carbocycles. The molecule has 0 amide bonds. The third-order valence-corrected chi connectivity index (χ3v) is 15.5. The zero-order chi connectivity index (χ0) is 50.3. The van der Waals surface area contributed by atoms with Crippen LogP contribution in [0.4, 0.5) is 22.7 Å². The maximum atomic E-state index is 12.2. The van der Waals surface area contributed by atoms with Gasteiger partial charge in [-0.15, -0.1) is 0 Å². The lowest BCUT2D eigenvalue weighted by atomic mass is 9.79. The highest BCUT2D eigenvalue weighted by Gasteiger charge is 2.46. The van der Waals surface area contributed by atoms with Crippen molar-refractivity contribution in [2.45, 2.75) is 61.2 Å². The third kappa shape index (κ3) is 9.37. The van der Waals surface area contributed by atoms with Crippen molar-refractivity contribution >= 4 is 76.7 Å². The van der Waals surface area contributed by atoms with Crippen molar-refractivity contribution in [2.24, 2.45) is 0 Å². The molecule has 0 fully saturated rings. The predicted octanol–water partition coefficient (Wildman–Crippen LogP) is 10.7. The minimum atomic E-state index is -4.43. The van der Waals surface area contributed by atoms with E-state index in [2.05, 4.69) is 90.6 Å². The largest absolute Gasteiger partial charge is 0.466 e. The van der Waals surface area contributed by atoms with Gasteiger partial charge in [-0.3, -0.25) is 13.9 Å². The fourth-order valence-corrected chi connectivity index (χ4v) is 11.7. The number of carbonyl (C=O) groups is 1. The number of hydrogen-bond acceptors (Lipinski definition) is 10. The second-order valence-corrected chi connectivity index (χ2v) is 21.7. The molecule has 13 nitrogen and oxygen atoms in total. The normalized spacial score (nSPS) is 17.6. The predicted molar refractivity (Wildman–Crippen MR) is 277 cm³/mol. The first-order chi connectivity index (χ1) is 33.9. The number of benzene rings is 6. The van der Waals surface area contributed by atoms with Crippen molar-refractivity contribution in [1.82, 2.24) is 0 Å². The Morgan fingerprint density at radius 2 is 1.31 bits per heavy atom. The highest BCUT2D eigenvalue weighted by Crippen LogP contribution is 2.52. The van der Waals surface area contributed by atoms with Gasteiger partial charge in [-0.1, -0.05) is 80.6 Å². The summed E-state index contributed by atoms with van der Waals surface area (Å²) in [6, 6.07) is 37.6. The average molecular weight is 995 g/mol. The molecule has 0 aromatic heterocycles. The summed E-state index contributed by atoms with van der Waals surface area (Å²) < 4.78 is 87.0. The molecule has 15 heteroatoms. The molecular weight excluding hydrogens is 939 g/mol. The summed E-state index contributed by atoms with van der Waals surface area (Å²) in [5.74, 6) is 0. The van der Waals surface area contributed by atoms with Crippen LogP contribution in [-0.2, 0) is 50.1 Å². The Kier molecular flexibility index (Phi) is 13.5. The van der Waals surface area contributed by atoms with Crippen molar-refractivity contribution in [2.75, 3.05) is 50.0 Å². The standard InChI is InChI=1S/C56H55N3O10S2/c1-55(2)50(57(30-32-68-36-60)48-26-18-40-34-44(70(61,62)63)22-24-46(40)52(48)55)28-20-38-16-17-39(54(38)59(42-12-8-6-9-13-42)43-14-10-7-11-15-43)21-29-51-56(3,4)53-47-25-23-45(71(64,65)66)35-41(47)19-27-49(53)58(51)31-33-69-37-67-5/h6-15,18-29,34-36H,16-17,30-33,37H2,1-5H3,(H-,61,62,63,64,65,66)/p+1. The van der Waals surface area contributed by atoms with Crippen LogP contribution in [0.2, 0.25) is 0 Å². The fraction of sp³-hybridized carbons (Fsp3) is 0.250. The summed E-state index contributed by atoms with van der Waals surface area (Å²) >= 11 is 0. The van der Waals surface area contributed by atoms with E-state index in [0.29, 0.717) is 43.4 Å². The number of hydrogen-bond donors (Lipinski definition) is 2. The van der Waals surface area contributed by atoms with Crippen LogP contribution in [0.1, 0.15) is 51.7 Å². The Balaban J connectivity index is 1.21. The zero-order valence-electron chi connectivity index (χ0n) is 40.2. The molecular formula is C56H56N3O10S2+. The molecule has 3 aliphatic rings. The quantitative estimate of drug-likeness (QED) is 0.0293. The van der Waals surface area contributed by atoms with E-state index in [-0.39, 0.29) is 23.2 Å². The molecule has 2 N–H and O–H groups in total. The van der Waals surface area contributed by atoms with Gasteiger partial charge in [-0.25, -0.2) is 0 Å². The first kappa shape index (κ1) is 49.3. The lowest BCUT2D eigenvalue weighted by Gasteiger charge is -2.29. The number of ether oxygens (including phenoxy) is 3. The minimum Gasteiger partial charge on any atom is -0.466 e. The van der Waals surface area contributed by atoms with E-state index >= 15 is 0 Å². The maximum absolute atomic E-state index is 12.2. The van der Waals surface area contributed by atoms with Crippen LogP contribution in [-0.4, -0.2) is 82.9 Å². The molecule has 71 heavy (non-hydrogen) atoms. The van der Waals surface area contributed by atoms with Crippen molar-refractivity contribution in [3.05, 3.63) is 179 Å². The molecule has 9 rings (SSSR count). The van der Waals surface area contributed by atoms with Gasteiger partial charge in [0.25, 0.3) is 26.7 Å². The number of fused-ring (bicyclic) bond motifs is 6. The van der Waals surface area contributed by atoms with Crippen molar-refractivity contribution in [3.63, 3.8) is 0 Å². The SMILES string of the molecule is COCOCC[N+]1=C(/C=C/C2=C(N(c3ccccc3)c3ccccc3)C(=C/C=C3/N(CCOC=O)c4ccc5cc(S(=O)(=O)O)ccc5c4C3(C)C)/CC2)C(C)(C)c2c1ccc1cc(S(=O)(=O)O)ccc21. The second kappa shape index (κ2) is 19.5. The van der Waals surface area contributed by atoms with Crippen LogP contribution < -0.4 is 9.80 Å². The number of methoxy groups -OCH3 is 1. The molecule has 0 unspecified atom stereocenters. The van der Waals surface area contributed by atoms with E-state index in [1.807, 2.05) is 60.7 Å². The Hall–Kier alpha value is -6.72. The third-order valence-electron chi connectivity index (χ3n) is 13.8. The van der Waals surface area contributed by atoms with Crippen LogP contribution in [0, 0.1) is 0 Å². The van der Waals surface area contributed by atoms with Gasteiger partial charge in [0, 0.05) is 53.0 Å². The summed E-state index contributed by atoms with van der Waals surface area (Å²) in [4.78, 5) is 15.5. The lowest BCUT2D eigenvalue weighted by Crippen LogP contribution is -2.29. The zero-order valence-corrected chi connectivity index (χ0v) is 41.8. The number of allylic oxidation sites excluding steroid dienone is 7. The van der Waals surface area contributed by atoms with E-state index in [9.17, 15) is 30.7 Å². The Labute approximate surface area is 414 Å². The van der Waals surface area contributed by atoms with Crippen LogP contribution in [0.3, 0.4) is 0 Å². The highest BCUT2D eigenvalue weighted by molar-refractivity contribution is 7.86. The van der Waals surface area contributed by atoms with E-state index in [1.54, 1.807) is 19.2 Å². The van der Waals surface area contributed by atoms with E-state index in [1.165, 1.54) is 24.3 Å². The monoisotopic (exact) mass is 994 g/mol. The number of anilines is 3. The smallest absolute Gasteiger partial charge is 0.294 e. The number of nitrogens with zero attached hydrogens (tertiary/aromatic N) is 3. The summed E-state index contributed by atoms with van der Waals surface area (Å²) in [6.45, 7) is 10.6. The van der Waals surface area contributed by atoms with Crippen LogP contribution in [0.5, 0.6) is 0 Å². The molecule has 2 heterocycles. The fourth-order valence-electron chi connectivity index (χ4n) is 10.7. The lowest BCUT2D eigenvalue weighted by molar-refractivity contribution is -0.443. The van der Waals surface area contributed by atoms with Gasteiger partial charge in [0.05, 0.1) is 27.4 Å². The van der Waals surface area contributed by atoms with Gasteiger partial charge in [0.15, 0.2) is 12.3 Å². The molecule has 0 bridgehead atoms. The van der Waals surface area contributed by atoms with Gasteiger partial charge in [-0.05, 0) is 132 Å². The number of para-hydroxylation sites is 2. The highest BCUT2D eigenvalue weighted by atomic mass is 32.2. The first-order valence-corrected chi connectivity index (χ1v) is 26.2. The summed E-state index contributed by atoms with van der Waals surface area (Å²) in [5, 5.41) is 3.09. The van der Waals surface area contributed by atoms with Crippen molar-refractivity contribution in [3.8, 4) is 0 Å². The van der Waals surface area contributed by atoms with Crippen LogP contribution in [0.25, 0.3) is 21.5 Å². The molecule has 6 aromatic carbocycles. The van der Waals surface area contributed by atoms with Crippen LogP contribution in [0.15, 0.2) is 178 Å². The molecule has 6 aromatic rings. The van der Waals surface area contributed by atoms with Crippen molar-refractivity contribution < 1.29 is 49.5 Å². The molecule has 366 valence electrons. The molecule has 0 atom stereocenters. The number of carbonyl (C=O) groups excluding carboxylic acids is 1. The van der Waals surface area contributed by atoms with Gasteiger partial charge in [-0.2, -0.15) is 21.4 Å². The molecule has 1 aliphatic carbocycles. The Morgan fingerprint density at radius 1 is 0.704 bits per heavy atom. The Bertz CT molecular complexity index is 3430. The van der Waals surface area contributed by atoms with Gasteiger partial charge in [0.2, 0.25) is 5.69 Å². The van der Waals surface area contributed by atoms with Gasteiger partial charge >= 0.3 is 0 Å². The van der Waals surface area contributed by atoms with E-state index in [4.69, 9.17) is 14.2 Å². The summed E-state index contributed by atoms with van der Waals surface area (Å²) in [5.41, 5.74) is 9.87.